The van der Waals surface area contributed by atoms with E-state index >= 15 is 0 Å². The Labute approximate surface area is 150 Å². The summed E-state index contributed by atoms with van der Waals surface area (Å²) >= 11 is 0. The summed E-state index contributed by atoms with van der Waals surface area (Å²) < 4.78 is 81.6. The summed E-state index contributed by atoms with van der Waals surface area (Å²) in [5, 5.41) is 3.42. The van der Waals surface area contributed by atoms with Crippen LogP contribution in [0.4, 0.5) is 26.3 Å². The summed E-state index contributed by atoms with van der Waals surface area (Å²) in [4.78, 5) is 11.3. The van der Waals surface area contributed by atoms with Gasteiger partial charge >= 0.3 is 18.3 Å². The minimum Gasteiger partial charge on any atom is -0.462 e. The quantitative estimate of drug-likeness (QED) is 0.192. The lowest BCUT2D eigenvalue weighted by molar-refractivity contribution is -0.143. The molecule has 0 aromatic heterocycles. The van der Waals surface area contributed by atoms with Gasteiger partial charge in [0.05, 0.1) is 17.7 Å². The Hall–Kier alpha value is -2.72. The van der Waals surface area contributed by atoms with Crippen LogP contribution in [-0.2, 0) is 21.9 Å². The molecule has 1 aromatic carbocycles. The van der Waals surface area contributed by atoms with Gasteiger partial charge in [0.1, 0.15) is 0 Å². The average molecular weight is 397 g/mol. The van der Waals surface area contributed by atoms with Crippen molar-refractivity contribution in [2.45, 2.75) is 26.2 Å². The van der Waals surface area contributed by atoms with Crippen LogP contribution in [0.3, 0.4) is 0 Å². The van der Waals surface area contributed by atoms with Gasteiger partial charge in [-0.05, 0) is 24.1 Å². The standard InChI is InChI=1S/C16H17F6N3O2/c1-9(2)8-27-13(26)3-4-24-25-14(23)10-5-11(15(17,18)19)7-12(6-10)16(20,21)22/h3-7,9,24H,8H2,1-2H3,(H2,23,25)/b4-3-. The van der Waals surface area contributed by atoms with Crippen molar-refractivity contribution in [3.05, 3.63) is 47.2 Å². The van der Waals surface area contributed by atoms with Crippen molar-refractivity contribution in [3.63, 3.8) is 0 Å². The number of esters is 1. The second-order valence-corrected chi connectivity index (χ2v) is 5.78. The molecular weight excluding hydrogens is 380 g/mol. The predicted molar refractivity (Wildman–Crippen MR) is 85.2 cm³/mol. The molecule has 0 fully saturated rings. The second kappa shape index (κ2) is 8.78. The van der Waals surface area contributed by atoms with Gasteiger partial charge in [-0.25, -0.2) is 4.79 Å². The van der Waals surface area contributed by atoms with Crippen LogP contribution in [0.1, 0.15) is 30.5 Å². The van der Waals surface area contributed by atoms with Gasteiger partial charge in [-0.15, -0.1) is 0 Å². The van der Waals surface area contributed by atoms with Crippen LogP contribution in [0.2, 0.25) is 0 Å². The maximum atomic E-state index is 12.8. The number of carbonyl (C=O) groups excluding carboxylic acids is 1. The normalized spacial score (nSPS) is 13.3. The third-order valence-corrected chi connectivity index (χ3v) is 2.92. The number of rotatable bonds is 6. The highest BCUT2D eigenvalue weighted by Crippen LogP contribution is 2.36. The first kappa shape index (κ1) is 22.3. The Morgan fingerprint density at radius 1 is 1.15 bits per heavy atom. The molecule has 3 N–H and O–H groups in total. The van der Waals surface area contributed by atoms with Crippen LogP contribution in [0, 0.1) is 5.92 Å². The number of amidine groups is 1. The largest absolute Gasteiger partial charge is 0.462 e. The highest BCUT2D eigenvalue weighted by Gasteiger charge is 2.37. The molecule has 11 heteroatoms. The molecule has 150 valence electrons. The van der Waals surface area contributed by atoms with Crippen molar-refractivity contribution in [1.82, 2.24) is 5.43 Å². The molecule has 1 rings (SSSR count). The smallest absolute Gasteiger partial charge is 0.416 e. The SMILES string of the molecule is CC(C)COC(=O)/C=C\N/N=C(\N)c1cc(C(F)(F)F)cc(C(F)(F)F)c1. The highest BCUT2D eigenvalue weighted by atomic mass is 19.4. The Bertz CT molecular complexity index is 692. The van der Waals surface area contributed by atoms with E-state index in [9.17, 15) is 31.1 Å². The number of alkyl halides is 6. The van der Waals surface area contributed by atoms with E-state index in [4.69, 9.17) is 10.5 Å². The molecule has 0 atom stereocenters. The number of hydrazone groups is 1. The monoisotopic (exact) mass is 397 g/mol. The van der Waals surface area contributed by atoms with Gasteiger partial charge in [0.2, 0.25) is 0 Å². The number of nitrogens with zero attached hydrogens (tertiary/aromatic N) is 1. The van der Waals surface area contributed by atoms with Gasteiger partial charge in [0, 0.05) is 17.8 Å². The van der Waals surface area contributed by atoms with E-state index in [2.05, 4.69) is 10.5 Å². The summed E-state index contributed by atoms with van der Waals surface area (Å²) in [6.07, 6.45) is -8.08. The van der Waals surface area contributed by atoms with Gasteiger partial charge in [0.15, 0.2) is 5.84 Å². The van der Waals surface area contributed by atoms with Crippen molar-refractivity contribution in [1.29, 1.82) is 0 Å². The zero-order valence-electron chi connectivity index (χ0n) is 14.3. The molecule has 27 heavy (non-hydrogen) atoms. The van der Waals surface area contributed by atoms with Gasteiger partial charge < -0.3 is 10.5 Å². The number of nitrogens with one attached hydrogen (secondary N) is 1. The van der Waals surface area contributed by atoms with E-state index in [1.807, 2.05) is 13.8 Å². The topological polar surface area (TPSA) is 76.7 Å². The fourth-order valence-electron chi connectivity index (χ4n) is 1.68. The lowest BCUT2D eigenvalue weighted by Crippen LogP contribution is -2.20. The second-order valence-electron chi connectivity index (χ2n) is 5.78. The molecule has 0 saturated heterocycles. The van der Waals surface area contributed by atoms with Gasteiger partial charge in [-0.2, -0.15) is 31.4 Å². The number of carbonyl (C=O) groups is 1. The van der Waals surface area contributed by atoms with Gasteiger partial charge in [-0.3, -0.25) is 5.43 Å². The number of hydrogen-bond donors (Lipinski definition) is 2. The molecule has 0 aliphatic rings. The van der Waals surface area contributed by atoms with Crippen LogP contribution in [0.25, 0.3) is 0 Å². The number of halogens is 6. The zero-order valence-corrected chi connectivity index (χ0v) is 14.3. The van der Waals surface area contributed by atoms with Crippen LogP contribution in [0.5, 0.6) is 0 Å². The number of nitrogens with two attached hydrogens (primary N) is 1. The first-order chi connectivity index (χ1) is 12.3. The van der Waals surface area contributed by atoms with Crippen molar-refractivity contribution < 1.29 is 35.9 Å². The first-order valence-electron chi connectivity index (χ1n) is 7.52. The lowest BCUT2D eigenvalue weighted by Gasteiger charge is -2.13. The molecule has 0 spiro atoms. The van der Waals surface area contributed by atoms with E-state index in [0.29, 0.717) is 12.1 Å². The van der Waals surface area contributed by atoms with Crippen LogP contribution in [0.15, 0.2) is 35.6 Å². The molecular formula is C16H17F6N3O2. The summed E-state index contributed by atoms with van der Waals surface area (Å²) in [7, 11) is 0. The Morgan fingerprint density at radius 3 is 2.11 bits per heavy atom. The number of hydrogen-bond acceptors (Lipinski definition) is 4. The molecule has 5 nitrogen and oxygen atoms in total. The Balaban J connectivity index is 2.97. The van der Waals surface area contributed by atoms with E-state index in [1.54, 1.807) is 0 Å². The summed E-state index contributed by atoms with van der Waals surface area (Å²) in [6.45, 7) is 3.83. The van der Waals surface area contributed by atoms with Gasteiger partial charge in [0.25, 0.3) is 0 Å². The van der Waals surface area contributed by atoms with Crippen LogP contribution >= 0.6 is 0 Å². The third-order valence-electron chi connectivity index (χ3n) is 2.92. The minimum atomic E-state index is -5.00. The van der Waals surface area contributed by atoms with E-state index in [0.717, 1.165) is 12.3 Å². The first-order valence-corrected chi connectivity index (χ1v) is 7.52. The molecule has 0 bridgehead atoms. The lowest BCUT2D eigenvalue weighted by atomic mass is 10.0. The highest BCUT2D eigenvalue weighted by molar-refractivity contribution is 5.97. The molecule has 1 aromatic rings. The average Bonchev–Trinajstić information content (AvgIpc) is 2.54. The molecule has 0 aliphatic heterocycles. The fraction of sp³-hybridized carbons (Fsp3) is 0.375. The molecule has 0 amide bonds. The summed E-state index contributed by atoms with van der Waals surface area (Å²) in [5.41, 5.74) is 3.96. The third kappa shape index (κ3) is 7.59. The summed E-state index contributed by atoms with van der Waals surface area (Å²) in [6, 6.07) is 0.863. The maximum Gasteiger partial charge on any atom is 0.416 e. The predicted octanol–water partition coefficient (Wildman–Crippen LogP) is 3.65. The minimum absolute atomic E-state index is 0.0190. The maximum absolute atomic E-state index is 12.8. The number of ether oxygens (including phenoxy) is 1. The fourth-order valence-corrected chi connectivity index (χ4v) is 1.68. The molecule has 0 saturated carbocycles. The van der Waals surface area contributed by atoms with E-state index < -0.39 is 40.8 Å². The van der Waals surface area contributed by atoms with E-state index in [1.165, 1.54) is 0 Å². The van der Waals surface area contributed by atoms with Gasteiger partial charge in [-0.1, -0.05) is 13.8 Å². The Kier molecular flexibility index (Phi) is 7.26. The van der Waals surface area contributed by atoms with E-state index in [-0.39, 0.29) is 18.6 Å². The summed E-state index contributed by atoms with van der Waals surface area (Å²) in [5.74, 6) is -1.22. The Morgan fingerprint density at radius 2 is 1.67 bits per heavy atom. The molecule has 0 heterocycles. The molecule has 0 unspecified atom stereocenters. The van der Waals surface area contributed by atoms with Crippen LogP contribution < -0.4 is 11.2 Å². The number of benzene rings is 1. The van der Waals surface area contributed by atoms with Crippen molar-refractivity contribution in [2.75, 3.05) is 6.61 Å². The zero-order chi connectivity index (χ0) is 20.8. The van der Waals surface area contributed by atoms with Crippen molar-refractivity contribution in [2.24, 2.45) is 16.8 Å². The van der Waals surface area contributed by atoms with Crippen molar-refractivity contribution in [3.8, 4) is 0 Å². The molecule has 0 aliphatic carbocycles. The van der Waals surface area contributed by atoms with Crippen LogP contribution in [-0.4, -0.2) is 18.4 Å². The molecule has 0 radical (unpaired) electrons. The van der Waals surface area contributed by atoms with Crippen molar-refractivity contribution >= 4 is 11.8 Å².